The molecular formula is C12H10N2O4S. The second-order valence-corrected chi connectivity index (χ2v) is 4.85. The van der Waals surface area contributed by atoms with Crippen molar-refractivity contribution in [1.29, 1.82) is 0 Å². The van der Waals surface area contributed by atoms with E-state index in [2.05, 4.69) is 0 Å². The van der Waals surface area contributed by atoms with Crippen LogP contribution in [0.1, 0.15) is 5.56 Å². The number of phenols is 1. The summed E-state index contributed by atoms with van der Waals surface area (Å²) in [5.41, 5.74) is 0.162. The molecule has 2 rings (SSSR count). The summed E-state index contributed by atoms with van der Waals surface area (Å²) in [7, 11) is 1.47. The normalized spacial score (nSPS) is 12.9. The maximum absolute atomic E-state index is 11.9. The Morgan fingerprint density at radius 3 is 2.74 bits per heavy atom. The van der Waals surface area contributed by atoms with Crippen LogP contribution >= 0.6 is 11.3 Å². The molecule has 6 nitrogen and oxygen atoms in total. The lowest BCUT2D eigenvalue weighted by Gasteiger charge is -1.95. The number of phenolic OH excluding ortho intramolecular Hbond substituents is 1. The van der Waals surface area contributed by atoms with E-state index in [4.69, 9.17) is 0 Å². The zero-order valence-corrected chi connectivity index (χ0v) is 10.8. The number of aromatic nitrogens is 1. The van der Waals surface area contributed by atoms with Crippen molar-refractivity contribution in [2.75, 3.05) is 0 Å². The van der Waals surface area contributed by atoms with Crippen LogP contribution in [0.5, 0.6) is 5.75 Å². The maximum Gasteiger partial charge on any atom is 0.268 e. The van der Waals surface area contributed by atoms with E-state index in [1.165, 1.54) is 23.8 Å². The third kappa shape index (κ3) is 2.71. The molecule has 0 aliphatic rings. The standard InChI is InChI=1S/C12H10N2O4S/c1-13-11(7-14(17)18)19-10(12(13)16)6-8-4-2-3-5-9(8)15/h2-7,15H,1H3/b10-6-,11-7+. The van der Waals surface area contributed by atoms with Crippen molar-refractivity contribution >= 4 is 23.6 Å². The van der Waals surface area contributed by atoms with Crippen LogP contribution < -0.4 is 14.8 Å². The Labute approximate surface area is 111 Å². The van der Waals surface area contributed by atoms with Crippen LogP contribution in [0.15, 0.2) is 29.1 Å². The van der Waals surface area contributed by atoms with Crippen LogP contribution in [0.4, 0.5) is 0 Å². The van der Waals surface area contributed by atoms with E-state index < -0.39 is 4.92 Å². The monoisotopic (exact) mass is 278 g/mol. The van der Waals surface area contributed by atoms with E-state index in [0.717, 1.165) is 17.5 Å². The van der Waals surface area contributed by atoms with Crippen molar-refractivity contribution < 1.29 is 10.0 Å². The van der Waals surface area contributed by atoms with Crippen molar-refractivity contribution in [1.82, 2.24) is 4.57 Å². The SMILES string of the molecule is Cn1c(=O)/c(=C/c2ccccc2O)s/c1=C/[N+](=O)[O-]. The van der Waals surface area contributed by atoms with Gasteiger partial charge in [-0.1, -0.05) is 18.2 Å². The highest BCUT2D eigenvalue weighted by Gasteiger charge is 2.04. The maximum atomic E-state index is 11.9. The van der Waals surface area contributed by atoms with E-state index in [0.29, 0.717) is 10.1 Å². The quantitative estimate of drug-likeness (QED) is 0.618. The molecule has 1 aromatic heterocycles. The Hall–Kier alpha value is -2.41. The van der Waals surface area contributed by atoms with Gasteiger partial charge in [0, 0.05) is 12.6 Å². The average Bonchev–Trinajstić information content (AvgIpc) is 2.60. The molecule has 2 aromatic rings. The second kappa shape index (κ2) is 5.07. The van der Waals surface area contributed by atoms with Gasteiger partial charge in [0.05, 0.1) is 9.46 Å². The molecule has 0 bridgehead atoms. The summed E-state index contributed by atoms with van der Waals surface area (Å²) < 4.78 is 1.79. The van der Waals surface area contributed by atoms with Gasteiger partial charge in [0.25, 0.3) is 11.8 Å². The number of thiazole rings is 1. The van der Waals surface area contributed by atoms with Gasteiger partial charge in [-0.2, -0.15) is 0 Å². The highest BCUT2D eigenvalue weighted by atomic mass is 32.1. The lowest BCUT2D eigenvalue weighted by molar-refractivity contribution is -0.363. The number of benzene rings is 1. The molecule has 98 valence electrons. The van der Waals surface area contributed by atoms with Gasteiger partial charge in [-0.05, 0) is 12.1 Å². The topological polar surface area (TPSA) is 85.4 Å². The number of hydrogen-bond donors (Lipinski definition) is 1. The summed E-state index contributed by atoms with van der Waals surface area (Å²) in [4.78, 5) is 21.7. The van der Waals surface area contributed by atoms with E-state index in [1.54, 1.807) is 18.2 Å². The van der Waals surface area contributed by atoms with Gasteiger partial charge in [0.2, 0.25) is 0 Å². The van der Waals surface area contributed by atoms with Gasteiger partial charge in [-0.3, -0.25) is 19.5 Å². The number of para-hydroxylation sites is 1. The largest absolute Gasteiger partial charge is 0.507 e. The first-order valence-corrected chi connectivity index (χ1v) is 6.11. The molecule has 0 radical (unpaired) electrons. The first-order valence-electron chi connectivity index (χ1n) is 5.30. The minimum atomic E-state index is -0.602. The lowest BCUT2D eigenvalue weighted by Crippen LogP contribution is -2.29. The zero-order chi connectivity index (χ0) is 14.0. The van der Waals surface area contributed by atoms with Crippen LogP contribution in [-0.4, -0.2) is 14.6 Å². The third-order valence-corrected chi connectivity index (χ3v) is 3.60. The third-order valence-electron chi connectivity index (χ3n) is 2.50. The molecule has 0 amide bonds. The van der Waals surface area contributed by atoms with E-state index >= 15 is 0 Å². The van der Waals surface area contributed by atoms with E-state index in [1.807, 2.05) is 0 Å². The predicted octanol–water partition coefficient (Wildman–Crippen LogP) is -0.00410. The Bertz CT molecular complexity index is 804. The molecule has 0 saturated heterocycles. The Balaban J connectivity index is 2.69. The first kappa shape index (κ1) is 13.0. The van der Waals surface area contributed by atoms with Crippen LogP contribution in [-0.2, 0) is 7.05 Å². The van der Waals surface area contributed by atoms with Gasteiger partial charge in [0.1, 0.15) is 5.75 Å². The predicted molar refractivity (Wildman–Crippen MR) is 71.9 cm³/mol. The highest BCUT2D eigenvalue weighted by molar-refractivity contribution is 7.07. The molecule has 0 saturated carbocycles. The number of rotatable bonds is 2. The summed E-state index contributed by atoms with van der Waals surface area (Å²) in [6.07, 6.45) is 2.30. The second-order valence-electron chi connectivity index (χ2n) is 3.79. The zero-order valence-electron chi connectivity index (χ0n) is 9.94. The molecule has 7 heteroatoms. The minimum Gasteiger partial charge on any atom is -0.507 e. The van der Waals surface area contributed by atoms with E-state index in [9.17, 15) is 20.0 Å². The molecule has 0 aliphatic heterocycles. The molecule has 1 heterocycles. The summed E-state index contributed by atoms with van der Waals surface area (Å²) in [5, 5.41) is 20.1. The van der Waals surface area contributed by atoms with Crippen molar-refractivity contribution in [2.45, 2.75) is 0 Å². The summed E-state index contributed by atoms with van der Waals surface area (Å²) in [6, 6.07) is 6.57. The van der Waals surface area contributed by atoms with Crippen molar-refractivity contribution in [3.05, 3.63) is 59.5 Å². The summed E-state index contributed by atoms with van der Waals surface area (Å²) >= 11 is 1.00. The van der Waals surface area contributed by atoms with Gasteiger partial charge in [0.15, 0.2) is 4.66 Å². The number of nitro groups is 1. The Morgan fingerprint density at radius 2 is 2.11 bits per heavy atom. The molecule has 0 unspecified atom stereocenters. The Kier molecular flexibility index (Phi) is 3.48. The first-order chi connectivity index (χ1) is 8.99. The highest BCUT2D eigenvalue weighted by Crippen LogP contribution is 2.15. The molecule has 1 N–H and O–H groups in total. The van der Waals surface area contributed by atoms with Crippen LogP contribution in [0.2, 0.25) is 0 Å². The molecule has 19 heavy (non-hydrogen) atoms. The number of hydrogen-bond acceptors (Lipinski definition) is 5. The molecule has 1 aromatic carbocycles. The van der Waals surface area contributed by atoms with Crippen molar-refractivity contribution in [2.24, 2.45) is 7.05 Å². The fourth-order valence-corrected chi connectivity index (χ4v) is 2.53. The van der Waals surface area contributed by atoms with E-state index in [-0.39, 0.29) is 16.0 Å². The summed E-state index contributed by atoms with van der Waals surface area (Å²) in [6.45, 7) is 0. The van der Waals surface area contributed by atoms with Gasteiger partial charge in [-0.15, -0.1) is 11.3 Å². The molecule has 0 aliphatic carbocycles. The van der Waals surface area contributed by atoms with Gasteiger partial charge in [-0.25, -0.2) is 0 Å². The lowest BCUT2D eigenvalue weighted by atomic mass is 10.2. The van der Waals surface area contributed by atoms with Crippen molar-refractivity contribution in [3.8, 4) is 5.75 Å². The minimum absolute atomic E-state index is 0.0535. The molecular weight excluding hydrogens is 268 g/mol. The summed E-state index contributed by atoms with van der Waals surface area (Å²) in [5.74, 6) is 0.0535. The average molecular weight is 278 g/mol. The van der Waals surface area contributed by atoms with Gasteiger partial charge < -0.3 is 5.11 Å². The fourth-order valence-electron chi connectivity index (χ4n) is 1.54. The van der Waals surface area contributed by atoms with Crippen LogP contribution in [0, 0.1) is 10.1 Å². The smallest absolute Gasteiger partial charge is 0.268 e. The Morgan fingerprint density at radius 1 is 1.42 bits per heavy atom. The van der Waals surface area contributed by atoms with Crippen LogP contribution in [0.25, 0.3) is 12.3 Å². The molecule has 0 atom stereocenters. The molecule has 0 spiro atoms. The molecule has 0 fully saturated rings. The fraction of sp³-hybridized carbons (Fsp3) is 0.0833. The number of nitrogens with zero attached hydrogens (tertiary/aromatic N) is 2. The van der Waals surface area contributed by atoms with Crippen LogP contribution in [0.3, 0.4) is 0 Å². The van der Waals surface area contributed by atoms with Gasteiger partial charge >= 0.3 is 0 Å². The number of aromatic hydroxyl groups is 1. The van der Waals surface area contributed by atoms with Crippen molar-refractivity contribution in [3.63, 3.8) is 0 Å².